The van der Waals surface area contributed by atoms with Gasteiger partial charge in [0.25, 0.3) is 5.69 Å². The molecule has 1 aliphatic heterocycles. The number of nitrogens with zero attached hydrogens (tertiary/aromatic N) is 2. The first-order valence-electron chi connectivity index (χ1n) is 6.81. The number of hydrogen-bond donors (Lipinski definition) is 1. The number of benzene rings is 1. The second-order valence-electron chi connectivity index (χ2n) is 5.32. The van der Waals surface area contributed by atoms with E-state index < -0.39 is 0 Å². The number of rotatable bonds is 4. The molecule has 0 saturated carbocycles. The van der Waals surface area contributed by atoms with Gasteiger partial charge in [-0.25, -0.2) is 0 Å². The Labute approximate surface area is 113 Å². The molecule has 5 nitrogen and oxygen atoms in total. The lowest BCUT2D eigenvalue weighted by Gasteiger charge is -2.34. The molecule has 0 radical (unpaired) electrons. The molecule has 1 aliphatic rings. The van der Waals surface area contributed by atoms with Gasteiger partial charge in [0, 0.05) is 30.9 Å². The van der Waals surface area contributed by atoms with E-state index in [2.05, 4.69) is 4.90 Å². The normalized spacial score (nSPS) is 19.5. The zero-order valence-electron chi connectivity index (χ0n) is 11.3. The molecule has 1 atom stereocenters. The minimum Gasteiger partial charge on any atom is -0.371 e. The highest BCUT2D eigenvalue weighted by molar-refractivity contribution is 5.56. The molecule has 104 valence electrons. The fourth-order valence-electron chi connectivity index (χ4n) is 2.80. The molecular formula is C14H21N3O2. The summed E-state index contributed by atoms with van der Waals surface area (Å²) in [6.45, 7) is 4.55. The van der Waals surface area contributed by atoms with Crippen LogP contribution < -0.4 is 10.6 Å². The van der Waals surface area contributed by atoms with E-state index in [4.69, 9.17) is 5.73 Å². The highest BCUT2D eigenvalue weighted by atomic mass is 16.6. The summed E-state index contributed by atoms with van der Waals surface area (Å²) >= 11 is 0. The average molecular weight is 263 g/mol. The average Bonchev–Trinajstić information content (AvgIpc) is 2.38. The molecule has 0 aliphatic carbocycles. The summed E-state index contributed by atoms with van der Waals surface area (Å²) in [4.78, 5) is 12.9. The van der Waals surface area contributed by atoms with Gasteiger partial charge in [0.15, 0.2) is 0 Å². The van der Waals surface area contributed by atoms with E-state index in [0.29, 0.717) is 12.5 Å². The van der Waals surface area contributed by atoms with Crippen LogP contribution in [0.15, 0.2) is 18.2 Å². The van der Waals surface area contributed by atoms with Crippen LogP contribution in [0.25, 0.3) is 0 Å². The largest absolute Gasteiger partial charge is 0.371 e. The lowest BCUT2D eigenvalue weighted by Crippen LogP contribution is -2.36. The number of hydrogen-bond acceptors (Lipinski definition) is 4. The molecule has 1 aromatic rings. The second kappa shape index (κ2) is 6.02. The van der Waals surface area contributed by atoms with Crippen LogP contribution in [0.4, 0.5) is 11.4 Å². The van der Waals surface area contributed by atoms with E-state index >= 15 is 0 Å². The lowest BCUT2D eigenvalue weighted by molar-refractivity contribution is -0.384. The number of nitrogens with two attached hydrogens (primary N) is 1. The number of anilines is 1. The molecule has 0 aromatic heterocycles. The lowest BCUT2D eigenvalue weighted by atomic mass is 9.94. The monoisotopic (exact) mass is 263 g/mol. The second-order valence-corrected chi connectivity index (χ2v) is 5.32. The third-order valence-electron chi connectivity index (χ3n) is 3.72. The highest BCUT2D eigenvalue weighted by Gasteiger charge is 2.21. The van der Waals surface area contributed by atoms with Gasteiger partial charge in [-0.1, -0.05) is 0 Å². The summed E-state index contributed by atoms with van der Waals surface area (Å²) in [5.41, 5.74) is 7.70. The number of nitro groups is 1. The zero-order chi connectivity index (χ0) is 13.8. The SMILES string of the molecule is Cc1cc(N2CCCC(CCN)C2)cc([N+](=O)[O-])c1. The summed E-state index contributed by atoms with van der Waals surface area (Å²) in [6, 6.07) is 5.32. The van der Waals surface area contributed by atoms with Gasteiger partial charge in [-0.2, -0.15) is 0 Å². The van der Waals surface area contributed by atoms with E-state index in [1.165, 1.54) is 6.42 Å². The number of non-ortho nitro benzene ring substituents is 1. The Bertz CT molecular complexity index is 460. The van der Waals surface area contributed by atoms with Gasteiger partial charge in [0.2, 0.25) is 0 Å². The summed E-state index contributed by atoms with van der Waals surface area (Å²) < 4.78 is 0. The fraction of sp³-hybridized carbons (Fsp3) is 0.571. The van der Waals surface area contributed by atoms with Crippen molar-refractivity contribution in [3.05, 3.63) is 33.9 Å². The Morgan fingerprint density at radius 3 is 2.95 bits per heavy atom. The molecule has 2 N–H and O–H groups in total. The number of nitro benzene ring substituents is 1. The van der Waals surface area contributed by atoms with Crippen molar-refractivity contribution in [2.75, 3.05) is 24.5 Å². The summed E-state index contributed by atoms with van der Waals surface area (Å²) in [7, 11) is 0. The van der Waals surface area contributed by atoms with Crippen molar-refractivity contribution in [3.63, 3.8) is 0 Å². The third-order valence-corrected chi connectivity index (χ3v) is 3.72. The summed E-state index contributed by atoms with van der Waals surface area (Å²) in [5.74, 6) is 0.610. The molecule has 5 heteroatoms. The Morgan fingerprint density at radius 2 is 2.26 bits per heavy atom. The zero-order valence-corrected chi connectivity index (χ0v) is 11.3. The predicted octanol–water partition coefficient (Wildman–Crippen LogP) is 2.47. The van der Waals surface area contributed by atoms with Crippen LogP contribution >= 0.6 is 0 Å². The van der Waals surface area contributed by atoms with Crippen molar-refractivity contribution in [2.45, 2.75) is 26.2 Å². The van der Waals surface area contributed by atoms with Crippen LogP contribution in [0.2, 0.25) is 0 Å². The summed E-state index contributed by atoms with van der Waals surface area (Å²) in [6.07, 6.45) is 3.37. The molecule has 0 bridgehead atoms. The fourth-order valence-corrected chi connectivity index (χ4v) is 2.80. The molecule has 1 unspecified atom stereocenters. The van der Waals surface area contributed by atoms with Gasteiger partial charge in [-0.15, -0.1) is 0 Å². The molecule has 19 heavy (non-hydrogen) atoms. The van der Waals surface area contributed by atoms with E-state index in [1.807, 2.05) is 13.0 Å². The number of piperidine rings is 1. The molecule has 1 saturated heterocycles. The van der Waals surface area contributed by atoms with Gasteiger partial charge < -0.3 is 10.6 Å². The van der Waals surface area contributed by atoms with Crippen molar-refractivity contribution in [1.82, 2.24) is 0 Å². The van der Waals surface area contributed by atoms with E-state index in [1.54, 1.807) is 12.1 Å². The Hall–Kier alpha value is -1.62. The number of aryl methyl sites for hydroxylation is 1. The van der Waals surface area contributed by atoms with Gasteiger partial charge in [0.05, 0.1) is 4.92 Å². The smallest absolute Gasteiger partial charge is 0.271 e. The molecule has 0 spiro atoms. The van der Waals surface area contributed by atoms with Crippen LogP contribution in [-0.4, -0.2) is 24.6 Å². The van der Waals surface area contributed by atoms with Crippen LogP contribution in [0.5, 0.6) is 0 Å². The quantitative estimate of drug-likeness (QED) is 0.669. The van der Waals surface area contributed by atoms with Crippen LogP contribution in [-0.2, 0) is 0 Å². The van der Waals surface area contributed by atoms with E-state index in [9.17, 15) is 10.1 Å². The van der Waals surface area contributed by atoms with Gasteiger partial charge in [0.1, 0.15) is 0 Å². The third kappa shape index (κ3) is 3.44. The van der Waals surface area contributed by atoms with Crippen molar-refractivity contribution in [1.29, 1.82) is 0 Å². The molecular weight excluding hydrogens is 242 g/mol. The molecule has 1 heterocycles. The molecule has 0 amide bonds. The maximum Gasteiger partial charge on any atom is 0.271 e. The van der Waals surface area contributed by atoms with Crippen LogP contribution in [0.3, 0.4) is 0 Å². The standard InChI is InChI=1S/C14H21N3O2/c1-11-7-13(9-14(8-11)17(18)19)16-6-2-3-12(10-16)4-5-15/h7-9,12H,2-6,10,15H2,1H3. The van der Waals surface area contributed by atoms with Crippen molar-refractivity contribution in [3.8, 4) is 0 Å². The van der Waals surface area contributed by atoms with Crippen LogP contribution in [0, 0.1) is 23.0 Å². The first kappa shape index (κ1) is 13.8. The van der Waals surface area contributed by atoms with Gasteiger partial charge >= 0.3 is 0 Å². The Morgan fingerprint density at radius 1 is 1.47 bits per heavy atom. The molecule has 1 aromatic carbocycles. The Balaban J connectivity index is 2.18. The first-order valence-corrected chi connectivity index (χ1v) is 6.81. The minimum absolute atomic E-state index is 0.177. The first-order chi connectivity index (χ1) is 9.10. The predicted molar refractivity (Wildman–Crippen MR) is 76.4 cm³/mol. The molecule has 1 fully saturated rings. The topological polar surface area (TPSA) is 72.4 Å². The van der Waals surface area contributed by atoms with Gasteiger partial charge in [-0.05, 0) is 50.3 Å². The van der Waals surface area contributed by atoms with E-state index in [-0.39, 0.29) is 10.6 Å². The van der Waals surface area contributed by atoms with Crippen molar-refractivity contribution >= 4 is 11.4 Å². The van der Waals surface area contributed by atoms with E-state index in [0.717, 1.165) is 37.2 Å². The minimum atomic E-state index is -0.322. The highest BCUT2D eigenvalue weighted by Crippen LogP contribution is 2.28. The van der Waals surface area contributed by atoms with Crippen molar-refractivity contribution in [2.24, 2.45) is 11.7 Å². The van der Waals surface area contributed by atoms with Crippen molar-refractivity contribution < 1.29 is 4.92 Å². The maximum atomic E-state index is 10.9. The van der Waals surface area contributed by atoms with Crippen LogP contribution in [0.1, 0.15) is 24.8 Å². The van der Waals surface area contributed by atoms with Gasteiger partial charge in [-0.3, -0.25) is 10.1 Å². The maximum absolute atomic E-state index is 10.9. The molecule has 2 rings (SSSR count). The Kier molecular flexibility index (Phi) is 4.37. The summed E-state index contributed by atoms with van der Waals surface area (Å²) in [5, 5.41) is 10.9.